The van der Waals surface area contributed by atoms with Gasteiger partial charge in [0.15, 0.2) is 0 Å². The Morgan fingerprint density at radius 1 is 0.833 bits per heavy atom. The van der Waals surface area contributed by atoms with Crippen molar-refractivity contribution in [2.45, 2.75) is 0 Å². The van der Waals surface area contributed by atoms with Gasteiger partial charge in [-0.05, 0) is 24.3 Å². The van der Waals surface area contributed by atoms with Gasteiger partial charge < -0.3 is 15.2 Å². The molecule has 5 nitrogen and oxygen atoms in total. The Kier molecular flexibility index (Phi) is 3.59. The first-order valence-electron chi connectivity index (χ1n) is 7.76. The number of para-hydroxylation sites is 2. The lowest BCUT2D eigenvalue weighted by Gasteiger charge is -2.07. The van der Waals surface area contributed by atoms with Crippen LogP contribution in [0, 0.1) is 0 Å². The molecule has 0 aliphatic carbocycles. The maximum Gasteiger partial charge on any atom is 0.208 e. The van der Waals surface area contributed by atoms with E-state index < -0.39 is 0 Å². The van der Waals surface area contributed by atoms with Crippen LogP contribution in [0.25, 0.3) is 11.0 Å². The summed E-state index contributed by atoms with van der Waals surface area (Å²) in [6.45, 7) is 0. The summed E-state index contributed by atoms with van der Waals surface area (Å²) in [5, 5.41) is 6.64. The number of hydrogen-bond acceptors (Lipinski definition) is 4. The predicted octanol–water partition coefficient (Wildman–Crippen LogP) is 4.46. The molecule has 2 aromatic carbocycles. The van der Waals surface area contributed by atoms with Gasteiger partial charge in [-0.1, -0.05) is 36.4 Å². The third-order valence-corrected chi connectivity index (χ3v) is 3.84. The van der Waals surface area contributed by atoms with Crippen LogP contribution in [0.3, 0.4) is 0 Å². The molecule has 0 radical (unpaired) electrons. The molecule has 0 unspecified atom stereocenters. The smallest absolute Gasteiger partial charge is 0.208 e. The SMILES string of the molecule is Cn1c(Nc2ccccc2)nc2cnc(Nc3ccccc3)cc21. The van der Waals surface area contributed by atoms with Gasteiger partial charge in [0.1, 0.15) is 11.3 Å². The van der Waals surface area contributed by atoms with Gasteiger partial charge in [0, 0.05) is 24.5 Å². The van der Waals surface area contributed by atoms with E-state index in [0.29, 0.717) is 0 Å². The van der Waals surface area contributed by atoms with Gasteiger partial charge in [0.25, 0.3) is 0 Å². The van der Waals surface area contributed by atoms with Crippen molar-refractivity contribution in [2.75, 3.05) is 10.6 Å². The number of fused-ring (bicyclic) bond motifs is 1. The zero-order valence-electron chi connectivity index (χ0n) is 13.3. The summed E-state index contributed by atoms with van der Waals surface area (Å²) in [5.41, 5.74) is 3.89. The van der Waals surface area contributed by atoms with Gasteiger partial charge in [-0.25, -0.2) is 9.97 Å². The molecule has 0 atom stereocenters. The molecule has 0 aliphatic rings. The van der Waals surface area contributed by atoms with Crippen LogP contribution >= 0.6 is 0 Å². The average molecular weight is 315 g/mol. The lowest BCUT2D eigenvalue weighted by atomic mass is 10.3. The molecule has 0 saturated carbocycles. The molecule has 2 aromatic heterocycles. The Balaban J connectivity index is 1.66. The van der Waals surface area contributed by atoms with Gasteiger partial charge in [0.2, 0.25) is 5.95 Å². The molecular formula is C19H17N5. The third kappa shape index (κ3) is 2.79. The number of anilines is 4. The molecule has 0 aliphatic heterocycles. The number of rotatable bonds is 4. The van der Waals surface area contributed by atoms with E-state index in [2.05, 4.69) is 20.6 Å². The summed E-state index contributed by atoms with van der Waals surface area (Å²) >= 11 is 0. The minimum absolute atomic E-state index is 0.787. The highest BCUT2D eigenvalue weighted by Gasteiger charge is 2.09. The zero-order valence-corrected chi connectivity index (χ0v) is 13.3. The highest BCUT2D eigenvalue weighted by Crippen LogP contribution is 2.24. The largest absolute Gasteiger partial charge is 0.340 e. The van der Waals surface area contributed by atoms with Crippen molar-refractivity contribution in [3.63, 3.8) is 0 Å². The van der Waals surface area contributed by atoms with E-state index in [1.807, 2.05) is 78.3 Å². The summed E-state index contributed by atoms with van der Waals surface area (Å²) < 4.78 is 2.03. The number of nitrogens with zero attached hydrogens (tertiary/aromatic N) is 3. The van der Waals surface area contributed by atoms with Crippen LogP contribution in [0.1, 0.15) is 0 Å². The van der Waals surface area contributed by atoms with E-state index in [0.717, 1.165) is 34.2 Å². The number of imidazole rings is 1. The molecule has 5 heteroatoms. The number of hydrogen-bond donors (Lipinski definition) is 2. The first-order chi connectivity index (χ1) is 11.8. The fourth-order valence-corrected chi connectivity index (χ4v) is 2.60. The first-order valence-corrected chi connectivity index (χ1v) is 7.76. The lowest BCUT2D eigenvalue weighted by molar-refractivity contribution is 0.958. The molecule has 0 fully saturated rings. The number of benzene rings is 2. The second-order valence-corrected chi connectivity index (χ2v) is 5.53. The van der Waals surface area contributed by atoms with Crippen LogP contribution in [-0.4, -0.2) is 14.5 Å². The van der Waals surface area contributed by atoms with Crippen LogP contribution in [0.4, 0.5) is 23.1 Å². The topological polar surface area (TPSA) is 54.8 Å². The summed E-state index contributed by atoms with van der Waals surface area (Å²) in [7, 11) is 1.99. The number of pyridine rings is 1. The Labute approximate surface area is 140 Å². The molecule has 4 rings (SSSR count). The van der Waals surface area contributed by atoms with Gasteiger partial charge in [-0.2, -0.15) is 0 Å². The molecule has 0 spiro atoms. The highest BCUT2D eigenvalue weighted by molar-refractivity contribution is 5.82. The van der Waals surface area contributed by atoms with Crippen LogP contribution in [0.5, 0.6) is 0 Å². The van der Waals surface area contributed by atoms with E-state index in [-0.39, 0.29) is 0 Å². The Morgan fingerprint density at radius 3 is 2.12 bits per heavy atom. The summed E-state index contributed by atoms with van der Waals surface area (Å²) in [4.78, 5) is 9.07. The van der Waals surface area contributed by atoms with Crippen molar-refractivity contribution in [1.29, 1.82) is 0 Å². The number of aryl methyl sites for hydroxylation is 1. The van der Waals surface area contributed by atoms with Gasteiger partial charge >= 0.3 is 0 Å². The van der Waals surface area contributed by atoms with E-state index in [4.69, 9.17) is 0 Å². The maximum absolute atomic E-state index is 4.62. The third-order valence-electron chi connectivity index (χ3n) is 3.84. The van der Waals surface area contributed by atoms with Crippen molar-refractivity contribution in [3.8, 4) is 0 Å². The minimum Gasteiger partial charge on any atom is -0.340 e. The van der Waals surface area contributed by atoms with E-state index >= 15 is 0 Å². The number of nitrogens with one attached hydrogen (secondary N) is 2. The summed E-state index contributed by atoms with van der Waals surface area (Å²) in [5.74, 6) is 1.58. The molecule has 24 heavy (non-hydrogen) atoms. The highest BCUT2D eigenvalue weighted by atomic mass is 15.2. The van der Waals surface area contributed by atoms with E-state index in [9.17, 15) is 0 Å². The first kappa shape index (κ1) is 14.3. The molecular weight excluding hydrogens is 298 g/mol. The van der Waals surface area contributed by atoms with Gasteiger partial charge in [0.05, 0.1) is 11.7 Å². The lowest BCUT2D eigenvalue weighted by Crippen LogP contribution is -1.99. The van der Waals surface area contributed by atoms with Crippen LogP contribution in [0.2, 0.25) is 0 Å². The Morgan fingerprint density at radius 2 is 1.46 bits per heavy atom. The second kappa shape index (κ2) is 6.04. The van der Waals surface area contributed by atoms with Gasteiger partial charge in [-0.15, -0.1) is 0 Å². The molecule has 0 amide bonds. The molecule has 2 heterocycles. The van der Waals surface area contributed by atoms with Gasteiger partial charge in [-0.3, -0.25) is 0 Å². The average Bonchev–Trinajstić information content (AvgIpc) is 2.93. The number of aromatic nitrogens is 3. The quantitative estimate of drug-likeness (QED) is 0.584. The zero-order chi connectivity index (χ0) is 16.4. The van der Waals surface area contributed by atoms with E-state index in [1.54, 1.807) is 6.20 Å². The minimum atomic E-state index is 0.787. The fraction of sp³-hybridized carbons (Fsp3) is 0.0526. The molecule has 2 N–H and O–H groups in total. The molecule has 118 valence electrons. The van der Waals surface area contributed by atoms with E-state index in [1.165, 1.54) is 0 Å². The van der Waals surface area contributed by atoms with Crippen LogP contribution in [0.15, 0.2) is 72.9 Å². The molecule has 4 aromatic rings. The second-order valence-electron chi connectivity index (χ2n) is 5.53. The van der Waals surface area contributed by atoms with Crippen molar-refractivity contribution in [2.24, 2.45) is 7.05 Å². The summed E-state index contributed by atoms with van der Waals surface area (Å²) in [6, 6.07) is 22.0. The van der Waals surface area contributed by atoms with Crippen molar-refractivity contribution in [1.82, 2.24) is 14.5 Å². The predicted molar refractivity (Wildman–Crippen MR) is 98.0 cm³/mol. The fourth-order valence-electron chi connectivity index (χ4n) is 2.60. The van der Waals surface area contributed by atoms with Crippen molar-refractivity contribution >= 4 is 34.2 Å². The standard InChI is InChI=1S/C19H17N5/c1-24-17-12-18(21-14-8-4-2-5-9-14)20-13-16(17)23-19(24)22-15-10-6-3-7-11-15/h2-13H,1H3,(H,20,21)(H,22,23). The molecule has 0 bridgehead atoms. The van der Waals surface area contributed by atoms with Crippen molar-refractivity contribution < 1.29 is 0 Å². The molecule has 0 saturated heterocycles. The summed E-state index contributed by atoms with van der Waals surface area (Å²) in [6.07, 6.45) is 1.79. The van der Waals surface area contributed by atoms with Crippen LogP contribution < -0.4 is 10.6 Å². The Hall–Kier alpha value is -3.34. The van der Waals surface area contributed by atoms with Crippen LogP contribution in [-0.2, 0) is 7.05 Å². The Bertz CT molecular complexity index is 961. The monoisotopic (exact) mass is 315 g/mol. The normalized spacial score (nSPS) is 10.7. The maximum atomic E-state index is 4.62. The van der Waals surface area contributed by atoms with Crippen molar-refractivity contribution in [3.05, 3.63) is 72.9 Å².